The van der Waals surface area contributed by atoms with Crippen molar-refractivity contribution >= 4 is 0 Å². The van der Waals surface area contributed by atoms with Crippen LogP contribution in [0.15, 0.2) is 23.8 Å². The number of hydrogen-bond donors (Lipinski definition) is 0. The number of rotatable bonds is 4. The van der Waals surface area contributed by atoms with Crippen LogP contribution in [0.2, 0.25) is 0 Å². The maximum absolute atomic E-state index is 2.34. The van der Waals surface area contributed by atoms with Crippen LogP contribution in [0.1, 0.15) is 39.5 Å². The topological polar surface area (TPSA) is 0 Å². The molecular weight excluding hydrogens is 132 g/mol. The van der Waals surface area contributed by atoms with E-state index in [2.05, 4.69) is 32.1 Å². The summed E-state index contributed by atoms with van der Waals surface area (Å²) in [6.45, 7) is 4.61. The van der Waals surface area contributed by atoms with E-state index in [-0.39, 0.29) is 0 Å². The highest BCUT2D eigenvalue weighted by Gasteiger charge is 2.02. The van der Waals surface area contributed by atoms with Gasteiger partial charge in [-0.05, 0) is 25.2 Å². The third-order valence-electron chi connectivity index (χ3n) is 2.50. The van der Waals surface area contributed by atoms with Crippen LogP contribution in [0.25, 0.3) is 0 Å². The van der Waals surface area contributed by atoms with Crippen LogP contribution < -0.4 is 0 Å². The van der Waals surface area contributed by atoms with E-state index >= 15 is 0 Å². The molecule has 0 aromatic rings. The number of hydrogen-bond acceptors (Lipinski definition) is 0. The van der Waals surface area contributed by atoms with Gasteiger partial charge >= 0.3 is 0 Å². The summed E-state index contributed by atoms with van der Waals surface area (Å²) in [6.07, 6.45) is 11.9. The van der Waals surface area contributed by atoms with Crippen molar-refractivity contribution in [1.82, 2.24) is 0 Å². The average Bonchev–Trinajstić information content (AvgIpc) is 2.52. The number of allylic oxidation sites excluding steroid dienone is 4. The summed E-state index contributed by atoms with van der Waals surface area (Å²) in [6, 6.07) is 0. The van der Waals surface area contributed by atoms with E-state index < -0.39 is 0 Å². The molecule has 0 amide bonds. The minimum Gasteiger partial charge on any atom is -0.0805 e. The highest BCUT2D eigenvalue weighted by molar-refractivity contribution is 5.22. The summed E-state index contributed by atoms with van der Waals surface area (Å²) in [7, 11) is 0. The molecule has 1 aliphatic rings. The first kappa shape index (κ1) is 8.58. The zero-order chi connectivity index (χ0) is 8.10. The average molecular weight is 150 g/mol. The molecule has 1 atom stereocenters. The Kier molecular flexibility index (Phi) is 3.41. The van der Waals surface area contributed by atoms with Crippen molar-refractivity contribution < 1.29 is 0 Å². The van der Waals surface area contributed by atoms with Gasteiger partial charge in [0, 0.05) is 0 Å². The largest absolute Gasteiger partial charge is 0.0805 e. The van der Waals surface area contributed by atoms with Gasteiger partial charge in [0.05, 0.1) is 0 Å². The van der Waals surface area contributed by atoms with E-state index in [1.165, 1.54) is 25.7 Å². The molecule has 0 aromatic heterocycles. The van der Waals surface area contributed by atoms with Gasteiger partial charge in [-0.3, -0.25) is 0 Å². The second-order valence-corrected chi connectivity index (χ2v) is 3.51. The molecule has 1 unspecified atom stereocenters. The van der Waals surface area contributed by atoms with E-state index in [4.69, 9.17) is 0 Å². The van der Waals surface area contributed by atoms with Crippen LogP contribution in [0.4, 0.5) is 0 Å². The van der Waals surface area contributed by atoms with Crippen molar-refractivity contribution in [3.05, 3.63) is 23.8 Å². The molecule has 0 fully saturated rings. The fourth-order valence-corrected chi connectivity index (χ4v) is 1.31. The Morgan fingerprint density at radius 2 is 2.36 bits per heavy atom. The lowest BCUT2D eigenvalue weighted by Crippen LogP contribution is -1.92. The van der Waals surface area contributed by atoms with Gasteiger partial charge in [-0.25, -0.2) is 0 Å². The summed E-state index contributed by atoms with van der Waals surface area (Å²) < 4.78 is 0. The standard InChI is InChI=1S/C11H18/c1-3-10(2)8-9-11-6-4-5-7-11/h4-6,10H,3,7-9H2,1-2H3. The van der Waals surface area contributed by atoms with Gasteiger partial charge in [0.15, 0.2) is 0 Å². The maximum Gasteiger partial charge on any atom is -0.0133 e. The molecule has 0 heterocycles. The van der Waals surface area contributed by atoms with Crippen molar-refractivity contribution in [1.29, 1.82) is 0 Å². The first-order valence-corrected chi connectivity index (χ1v) is 4.67. The molecule has 0 aromatic carbocycles. The second-order valence-electron chi connectivity index (χ2n) is 3.51. The van der Waals surface area contributed by atoms with E-state index in [0.29, 0.717) is 0 Å². The molecule has 0 N–H and O–H groups in total. The van der Waals surface area contributed by atoms with E-state index in [1.54, 1.807) is 5.57 Å². The SMILES string of the molecule is CCC(C)CCC1=CC=CC1. The molecule has 0 aliphatic heterocycles. The van der Waals surface area contributed by atoms with Crippen LogP contribution in [0.3, 0.4) is 0 Å². The first-order chi connectivity index (χ1) is 5.33. The molecule has 0 saturated carbocycles. The van der Waals surface area contributed by atoms with Gasteiger partial charge in [-0.2, -0.15) is 0 Å². The Morgan fingerprint density at radius 1 is 1.55 bits per heavy atom. The molecule has 0 spiro atoms. The quantitative estimate of drug-likeness (QED) is 0.573. The van der Waals surface area contributed by atoms with Gasteiger partial charge in [-0.1, -0.05) is 44.1 Å². The molecule has 1 rings (SSSR count). The van der Waals surface area contributed by atoms with Crippen LogP contribution in [0.5, 0.6) is 0 Å². The molecule has 0 heteroatoms. The Balaban J connectivity index is 2.12. The van der Waals surface area contributed by atoms with Gasteiger partial charge < -0.3 is 0 Å². The van der Waals surface area contributed by atoms with Crippen LogP contribution in [-0.2, 0) is 0 Å². The second kappa shape index (κ2) is 4.38. The monoisotopic (exact) mass is 150 g/mol. The molecule has 0 nitrogen and oxygen atoms in total. The maximum atomic E-state index is 2.34. The molecule has 62 valence electrons. The minimum atomic E-state index is 0.900. The zero-order valence-electron chi connectivity index (χ0n) is 7.64. The van der Waals surface area contributed by atoms with Crippen LogP contribution in [-0.4, -0.2) is 0 Å². The van der Waals surface area contributed by atoms with Crippen molar-refractivity contribution in [3.63, 3.8) is 0 Å². The molecule has 1 aliphatic carbocycles. The van der Waals surface area contributed by atoms with Crippen molar-refractivity contribution in [2.24, 2.45) is 5.92 Å². The normalized spacial score (nSPS) is 18.5. The third kappa shape index (κ3) is 2.92. The van der Waals surface area contributed by atoms with Crippen LogP contribution >= 0.6 is 0 Å². The van der Waals surface area contributed by atoms with Crippen molar-refractivity contribution in [2.45, 2.75) is 39.5 Å². The van der Waals surface area contributed by atoms with E-state index in [9.17, 15) is 0 Å². The van der Waals surface area contributed by atoms with Crippen molar-refractivity contribution in [2.75, 3.05) is 0 Å². The summed E-state index contributed by atoms with van der Waals surface area (Å²) >= 11 is 0. The smallest absolute Gasteiger partial charge is 0.0133 e. The lowest BCUT2D eigenvalue weighted by molar-refractivity contribution is 0.514. The molecular formula is C11H18. The lowest BCUT2D eigenvalue weighted by Gasteiger charge is -2.07. The predicted molar refractivity (Wildman–Crippen MR) is 50.5 cm³/mol. The Labute approximate surface area is 70.0 Å². The van der Waals surface area contributed by atoms with E-state index in [0.717, 1.165) is 5.92 Å². The summed E-state index contributed by atoms with van der Waals surface area (Å²) in [5, 5.41) is 0. The van der Waals surface area contributed by atoms with E-state index in [1.807, 2.05) is 0 Å². The Morgan fingerprint density at radius 3 is 2.91 bits per heavy atom. The van der Waals surface area contributed by atoms with Gasteiger partial charge in [0.25, 0.3) is 0 Å². The molecule has 0 bridgehead atoms. The summed E-state index contributed by atoms with van der Waals surface area (Å²) in [5.41, 5.74) is 1.62. The van der Waals surface area contributed by atoms with Crippen molar-refractivity contribution in [3.8, 4) is 0 Å². The van der Waals surface area contributed by atoms with Gasteiger partial charge in [0.2, 0.25) is 0 Å². The van der Waals surface area contributed by atoms with Gasteiger partial charge in [0.1, 0.15) is 0 Å². The minimum absolute atomic E-state index is 0.900. The summed E-state index contributed by atoms with van der Waals surface area (Å²) in [4.78, 5) is 0. The Hall–Kier alpha value is -0.520. The fraction of sp³-hybridized carbons (Fsp3) is 0.636. The predicted octanol–water partition coefficient (Wildman–Crippen LogP) is 3.70. The third-order valence-corrected chi connectivity index (χ3v) is 2.50. The lowest BCUT2D eigenvalue weighted by atomic mass is 9.99. The highest BCUT2D eigenvalue weighted by Crippen LogP contribution is 2.20. The first-order valence-electron chi connectivity index (χ1n) is 4.67. The van der Waals surface area contributed by atoms with Gasteiger partial charge in [-0.15, -0.1) is 0 Å². The highest BCUT2D eigenvalue weighted by atomic mass is 14.1. The Bertz CT molecular complexity index is 163. The zero-order valence-corrected chi connectivity index (χ0v) is 7.64. The fourth-order valence-electron chi connectivity index (χ4n) is 1.31. The molecule has 11 heavy (non-hydrogen) atoms. The molecule has 0 radical (unpaired) electrons. The molecule has 0 saturated heterocycles. The van der Waals surface area contributed by atoms with Crippen LogP contribution in [0, 0.1) is 5.92 Å². The summed E-state index contributed by atoms with van der Waals surface area (Å²) in [5.74, 6) is 0.900.